The van der Waals surface area contributed by atoms with Crippen LogP contribution in [0.2, 0.25) is 0 Å². The summed E-state index contributed by atoms with van der Waals surface area (Å²) in [7, 11) is 0. The molecule has 1 aliphatic rings. The Labute approximate surface area is 141 Å². The lowest BCUT2D eigenvalue weighted by atomic mass is 9.88. The molecule has 0 saturated heterocycles. The average Bonchev–Trinajstić information content (AvgIpc) is 2.48. The number of rotatable bonds is 4. The van der Waals surface area contributed by atoms with Gasteiger partial charge in [-0.05, 0) is 53.2 Å². The standard InChI is InChI=1S/C15H19Br2NOS/c1-20-15(7-3-2-4-8-15)10-18-14(19)12-9-11(16)5-6-13(12)17/h5-6,9H,2-4,7-8,10H2,1H3,(H,18,19). The summed E-state index contributed by atoms with van der Waals surface area (Å²) in [6, 6.07) is 5.67. The molecule has 0 aromatic heterocycles. The Bertz CT molecular complexity index is 487. The largest absolute Gasteiger partial charge is 0.351 e. The molecule has 0 unspecified atom stereocenters. The van der Waals surface area contributed by atoms with Gasteiger partial charge in [-0.15, -0.1) is 0 Å². The van der Waals surface area contributed by atoms with E-state index in [1.807, 2.05) is 30.0 Å². The highest BCUT2D eigenvalue weighted by Crippen LogP contribution is 2.38. The number of benzene rings is 1. The normalized spacial score (nSPS) is 17.8. The molecule has 2 rings (SSSR count). The van der Waals surface area contributed by atoms with Gasteiger partial charge in [-0.25, -0.2) is 0 Å². The first-order chi connectivity index (χ1) is 9.56. The van der Waals surface area contributed by atoms with Gasteiger partial charge in [0.15, 0.2) is 0 Å². The molecule has 0 heterocycles. The molecule has 0 atom stereocenters. The summed E-state index contributed by atoms with van der Waals surface area (Å²) >= 11 is 8.75. The summed E-state index contributed by atoms with van der Waals surface area (Å²) in [5, 5.41) is 3.12. The molecule has 0 aliphatic heterocycles. The zero-order valence-electron chi connectivity index (χ0n) is 11.5. The van der Waals surface area contributed by atoms with Crippen molar-refractivity contribution in [2.45, 2.75) is 36.9 Å². The van der Waals surface area contributed by atoms with Gasteiger partial charge in [0, 0.05) is 20.2 Å². The second-order valence-electron chi connectivity index (χ2n) is 5.25. The van der Waals surface area contributed by atoms with Gasteiger partial charge in [0.1, 0.15) is 0 Å². The van der Waals surface area contributed by atoms with Gasteiger partial charge in [-0.1, -0.05) is 35.2 Å². The highest BCUT2D eigenvalue weighted by molar-refractivity contribution is 9.11. The van der Waals surface area contributed by atoms with E-state index in [1.165, 1.54) is 32.1 Å². The summed E-state index contributed by atoms with van der Waals surface area (Å²) in [5.41, 5.74) is 0.687. The molecule has 1 fully saturated rings. The molecular weight excluding hydrogens is 402 g/mol. The van der Waals surface area contributed by atoms with E-state index >= 15 is 0 Å². The van der Waals surface area contributed by atoms with E-state index in [-0.39, 0.29) is 10.7 Å². The van der Waals surface area contributed by atoms with Gasteiger partial charge in [0.2, 0.25) is 0 Å². The second-order valence-corrected chi connectivity index (χ2v) is 8.30. The van der Waals surface area contributed by atoms with Crippen molar-refractivity contribution in [1.82, 2.24) is 5.32 Å². The van der Waals surface area contributed by atoms with Crippen molar-refractivity contribution in [3.63, 3.8) is 0 Å². The third-order valence-electron chi connectivity index (χ3n) is 3.94. The van der Waals surface area contributed by atoms with Gasteiger partial charge in [0.05, 0.1) is 5.56 Å². The van der Waals surface area contributed by atoms with Crippen LogP contribution >= 0.6 is 43.6 Å². The van der Waals surface area contributed by atoms with E-state index in [2.05, 4.69) is 43.4 Å². The minimum Gasteiger partial charge on any atom is -0.351 e. The maximum atomic E-state index is 12.3. The fourth-order valence-corrected chi connectivity index (χ4v) is 4.36. The molecule has 0 bridgehead atoms. The van der Waals surface area contributed by atoms with Crippen LogP contribution in [0.3, 0.4) is 0 Å². The smallest absolute Gasteiger partial charge is 0.252 e. The number of nitrogens with one attached hydrogen (secondary N) is 1. The van der Waals surface area contributed by atoms with E-state index in [9.17, 15) is 4.79 Å². The molecule has 1 aliphatic carbocycles. The molecule has 20 heavy (non-hydrogen) atoms. The molecule has 0 radical (unpaired) electrons. The highest BCUT2D eigenvalue weighted by Gasteiger charge is 2.31. The van der Waals surface area contributed by atoms with Gasteiger partial charge < -0.3 is 5.32 Å². The van der Waals surface area contributed by atoms with Crippen LogP contribution in [-0.4, -0.2) is 23.5 Å². The van der Waals surface area contributed by atoms with E-state index in [0.29, 0.717) is 5.56 Å². The third-order valence-corrected chi connectivity index (χ3v) is 6.55. The molecule has 2 nitrogen and oxygen atoms in total. The van der Waals surface area contributed by atoms with Crippen LogP contribution in [0.25, 0.3) is 0 Å². The van der Waals surface area contributed by atoms with E-state index in [4.69, 9.17) is 0 Å². The number of halogens is 2. The number of hydrogen-bond acceptors (Lipinski definition) is 2. The molecule has 1 aromatic carbocycles. The minimum atomic E-state index is -0.00262. The van der Waals surface area contributed by atoms with E-state index in [0.717, 1.165) is 15.5 Å². The average molecular weight is 421 g/mol. The molecule has 1 amide bonds. The van der Waals surface area contributed by atoms with Gasteiger partial charge in [0.25, 0.3) is 5.91 Å². The first kappa shape index (κ1) is 16.4. The SMILES string of the molecule is CSC1(CNC(=O)c2cc(Br)ccc2Br)CCCCC1. The van der Waals surface area contributed by atoms with Gasteiger partial charge in [-0.3, -0.25) is 4.79 Å². The van der Waals surface area contributed by atoms with Gasteiger partial charge >= 0.3 is 0 Å². The predicted molar refractivity (Wildman–Crippen MR) is 93.5 cm³/mol. The van der Waals surface area contributed by atoms with Crippen LogP contribution in [0.5, 0.6) is 0 Å². The lowest BCUT2D eigenvalue weighted by Gasteiger charge is -2.35. The number of hydrogen-bond donors (Lipinski definition) is 1. The topological polar surface area (TPSA) is 29.1 Å². The Kier molecular flexibility index (Phi) is 5.99. The van der Waals surface area contributed by atoms with Crippen molar-refractivity contribution in [2.75, 3.05) is 12.8 Å². The van der Waals surface area contributed by atoms with Crippen molar-refractivity contribution in [1.29, 1.82) is 0 Å². The van der Waals surface area contributed by atoms with Crippen LogP contribution in [0.4, 0.5) is 0 Å². The highest BCUT2D eigenvalue weighted by atomic mass is 79.9. The summed E-state index contributed by atoms with van der Waals surface area (Å²) in [4.78, 5) is 12.3. The van der Waals surface area contributed by atoms with Crippen LogP contribution in [-0.2, 0) is 0 Å². The number of amides is 1. The number of carbonyl (C=O) groups excluding carboxylic acids is 1. The summed E-state index contributed by atoms with van der Waals surface area (Å²) in [5.74, 6) is -0.00262. The minimum absolute atomic E-state index is 0.00262. The fourth-order valence-electron chi connectivity index (χ4n) is 2.66. The number of thioether (sulfide) groups is 1. The fraction of sp³-hybridized carbons (Fsp3) is 0.533. The van der Waals surface area contributed by atoms with Crippen molar-refractivity contribution >= 4 is 49.5 Å². The zero-order chi connectivity index (χ0) is 14.6. The monoisotopic (exact) mass is 419 g/mol. The Morgan fingerprint density at radius 2 is 2.00 bits per heavy atom. The Morgan fingerprint density at radius 1 is 1.30 bits per heavy atom. The molecule has 1 N–H and O–H groups in total. The second kappa shape index (κ2) is 7.32. The van der Waals surface area contributed by atoms with Gasteiger partial charge in [-0.2, -0.15) is 11.8 Å². The maximum Gasteiger partial charge on any atom is 0.252 e. The zero-order valence-corrected chi connectivity index (χ0v) is 15.5. The molecule has 1 saturated carbocycles. The van der Waals surface area contributed by atoms with Crippen LogP contribution in [0, 0.1) is 0 Å². The molecule has 110 valence electrons. The summed E-state index contributed by atoms with van der Waals surface area (Å²) in [6.45, 7) is 0.756. The van der Waals surface area contributed by atoms with Crippen LogP contribution in [0.15, 0.2) is 27.1 Å². The van der Waals surface area contributed by atoms with E-state index < -0.39 is 0 Å². The Morgan fingerprint density at radius 3 is 2.65 bits per heavy atom. The van der Waals surface area contributed by atoms with Crippen LogP contribution < -0.4 is 5.32 Å². The summed E-state index contributed by atoms with van der Waals surface area (Å²) < 4.78 is 1.98. The lowest BCUT2D eigenvalue weighted by molar-refractivity contribution is 0.0946. The molecule has 5 heteroatoms. The molecular formula is C15H19Br2NOS. The first-order valence-electron chi connectivity index (χ1n) is 6.85. The molecule has 1 aromatic rings. The van der Waals surface area contributed by atoms with Crippen molar-refractivity contribution in [3.8, 4) is 0 Å². The van der Waals surface area contributed by atoms with Crippen molar-refractivity contribution < 1.29 is 4.79 Å². The predicted octanol–water partition coefficient (Wildman–Crippen LogP) is 5.01. The quantitative estimate of drug-likeness (QED) is 0.741. The number of carbonyl (C=O) groups is 1. The maximum absolute atomic E-state index is 12.3. The third kappa shape index (κ3) is 4.01. The van der Waals surface area contributed by atoms with E-state index in [1.54, 1.807) is 0 Å². The first-order valence-corrected chi connectivity index (χ1v) is 9.66. The Hall–Kier alpha value is -0.000000000000000111. The molecule has 0 spiro atoms. The summed E-state index contributed by atoms with van der Waals surface area (Å²) in [6.07, 6.45) is 8.44. The van der Waals surface area contributed by atoms with Crippen molar-refractivity contribution in [2.24, 2.45) is 0 Å². The Balaban J connectivity index is 2.02. The lowest BCUT2D eigenvalue weighted by Crippen LogP contribution is -2.41. The van der Waals surface area contributed by atoms with Crippen molar-refractivity contribution in [3.05, 3.63) is 32.7 Å². The van der Waals surface area contributed by atoms with Crippen LogP contribution in [0.1, 0.15) is 42.5 Å².